The van der Waals surface area contributed by atoms with Gasteiger partial charge in [0.05, 0.1) is 18.2 Å². The van der Waals surface area contributed by atoms with E-state index in [9.17, 15) is 14.4 Å². The first-order chi connectivity index (χ1) is 10.6. The Morgan fingerprint density at radius 3 is 2.68 bits per heavy atom. The first kappa shape index (κ1) is 15.1. The van der Waals surface area contributed by atoms with Crippen LogP contribution < -0.4 is 10.6 Å². The molecule has 3 amide bonds. The Bertz CT molecular complexity index is 581. The number of anilines is 1. The molecule has 1 atom stereocenters. The number of benzene rings is 1. The second-order valence-electron chi connectivity index (χ2n) is 5.41. The molecule has 2 heterocycles. The molecule has 0 spiro atoms. The van der Waals surface area contributed by atoms with Crippen LogP contribution in [0.5, 0.6) is 0 Å². The number of nitrogens with zero attached hydrogens (tertiary/aromatic N) is 1. The van der Waals surface area contributed by atoms with Crippen LogP contribution in [0.4, 0.5) is 10.5 Å². The Labute approximate surface area is 132 Å². The number of thioether (sulfide) groups is 1. The van der Waals surface area contributed by atoms with E-state index in [4.69, 9.17) is 0 Å². The van der Waals surface area contributed by atoms with E-state index in [1.807, 2.05) is 12.1 Å². The van der Waals surface area contributed by atoms with Crippen molar-refractivity contribution in [3.8, 4) is 0 Å². The number of hydrogen-bond donors (Lipinski definition) is 2. The van der Waals surface area contributed by atoms with Crippen LogP contribution in [0.2, 0.25) is 0 Å². The molecule has 6 nitrogen and oxygen atoms in total. The van der Waals surface area contributed by atoms with Crippen molar-refractivity contribution >= 4 is 34.5 Å². The van der Waals surface area contributed by atoms with E-state index in [0.717, 1.165) is 42.5 Å². The summed E-state index contributed by atoms with van der Waals surface area (Å²) in [6.07, 6.45) is 0.862. The molecule has 116 valence electrons. The molecule has 0 saturated carbocycles. The van der Waals surface area contributed by atoms with Crippen molar-refractivity contribution < 1.29 is 14.4 Å². The molecule has 0 aromatic heterocycles. The van der Waals surface area contributed by atoms with Gasteiger partial charge < -0.3 is 10.6 Å². The van der Waals surface area contributed by atoms with Crippen LogP contribution in [-0.2, 0) is 16.1 Å². The molecule has 2 saturated heterocycles. The van der Waals surface area contributed by atoms with Gasteiger partial charge >= 0.3 is 0 Å². The maximum Gasteiger partial charge on any atom is 0.289 e. The first-order valence-corrected chi connectivity index (χ1v) is 8.19. The Kier molecular flexibility index (Phi) is 4.44. The highest BCUT2D eigenvalue weighted by atomic mass is 32.2. The summed E-state index contributed by atoms with van der Waals surface area (Å²) in [5, 5.41) is 5.86. The van der Waals surface area contributed by atoms with Crippen molar-refractivity contribution in [2.75, 3.05) is 24.2 Å². The molecule has 0 bridgehead atoms. The third-order valence-electron chi connectivity index (χ3n) is 3.83. The Morgan fingerprint density at radius 1 is 1.32 bits per heavy atom. The largest absolute Gasteiger partial charge is 0.326 e. The molecule has 2 aliphatic heterocycles. The maximum atomic E-state index is 12.0. The zero-order valence-electron chi connectivity index (χ0n) is 12.0. The lowest BCUT2D eigenvalue weighted by Crippen LogP contribution is -2.28. The Hall–Kier alpha value is -1.86. The summed E-state index contributed by atoms with van der Waals surface area (Å²) in [5.41, 5.74) is 1.60. The van der Waals surface area contributed by atoms with Gasteiger partial charge in [0.25, 0.3) is 5.24 Å². The number of amides is 3. The predicted octanol–water partition coefficient (Wildman–Crippen LogP) is 1.43. The van der Waals surface area contributed by atoms with E-state index in [1.165, 1.54) is 4.90 Å². The second-order valence-corrected chi connectivity index (χ2v) is 6.34. The zero-order chi connectivity index (χ0) is 15.5. The molecule has 3 rings (SSSR count). The van der Waals surface area contributed by atoms with Gasteiger partial charge in [-0.05, 0) is 30.7 Å². The first-order valence-electron chi connectivity index (χ1n) is 7.21. The minimum atomic E-state index is -0.198. The van der Waals surface area contributed by atoms with Gasteiger partial charge in [-0.1, -0.05) is 23.9 Å². The Morgan fingerprint density at radius 2 is 2.09 bits per heavy atom. The van der Waals surface area contributed by atoms with E-state index in [2.05, 4.69) is 10.6 Å². The van der Waals surface area contributed by atoms with Gasteiger partial charge in [0.2, 0.25) is 11.8 Å². The fraction of sp³-hybridized carbons (Fsp3) is 0.400. The van der Waals surface area contributed by atoms with E-state index < -0.39 is 0 Å². The zero-order valence-corrected chi connectivity index (χ0v) is 12.8. The summed E-state index contributed by atoms with van der Waals surface area (Å²) in [6.45, 7) is 1.89. The molecule has 2 fully saturated rings. The number of hydrogen-bond acceptors (Lipinski definition) is 5. The van der Waals surface area contributed by atoms with E-state index in [1.54, 1.807) is 12.1 Å². The highest BCUT2D eigenvalue weighted by molar-refractivity contribution is 8.14. The number of carbonyl (C=O) groups is 3. The van der Waals surface area contributed by atoms with Gasteiger partial charge in [0, 0.05) is 12.2 Å². The highest BCUT2D eigenvalue weighted by Gasteiger charge is 2.29. The van der Waals surface area contributed by atoms with Crippen molar-refractivity contribution in [2.24, 2.45) is 5.92 Å². The standard InChI is InChI=1S/C15H17N3O3S/c19-13-9-22-15(21)18(13)8-10-1-3-12(4-2-10)17-14(20)11-5-6-16-7-11/h1-4,11,16H,5-9H2,(H,17,20). The van der Waals surface area contributed by atoms with Crippen LogP contribution in [-0.4, -0.2) is 40.8 Å². The normalized spacial score (nSPS) is 21.5. The molecular formula is C15H17N3O3S. The summed E-state index contributed by atoms with van der Waals surface area (Å²) < 4.78 is 0. The van der Waals surface area contributed by atoms with E-state index >= 15 is 0 Å². The molecule has 22 heavy (non-hydrogen) atoms. The van der Waals surface area contributed by atoms with Crippen LogP contribution in [0.1, 0.15) is 12.0 Å². The van der Waals surface area contributed by atoms with Crippen LogP contribution in [0, 0.1) is 5.92 Å². The van der Waals surface area contributed by atoms with Crippen molar-refractivity contribution in [2.45, 2.75) is 13.0 Å². The second kappa shape index (κ2) is 6.50. The third kappa shape index (κ3) is 3.31. The van der Waals surface area contributed by atoms with Gasteiger partial charge in [-0.15, -0.1) is 0 Å². The van der Waals surface area contributed by atoms with Crippen LogP contribution >= 0.6 is 11.8 Å². The lowest BCUT2D eigenvalue weighted by Gasteiger charge is -2.14. The average Bonchev–Trinajstić information content (AvgIpc) is 3.15. The molecule has 1 aromatic rings. The van der Waals surface area contributed by atoms with Crippen LogP contribution in [0.25, 0.3) is 0 Å². The molecule has 0 radical (unpaired) electrons. The maximum absolute atomic E-state index is 12.0. The molecule has 0 aliphatic carbocycles. The fourth-order valence-corrected chi connectivity index (χ4v) is 3.26. The molecule has 2 N–H and O–H groups in total. The molecular weight excluding hydrogens is 302 g/mol. The summed E-state index contributed by atoms with van der Waals surface area (Å²) in [5.74, 6) is 0.124. The predicted molar refractivity (Wildman–Crippen MR) is 84.5 cm³/mol. The van der Waals surface area contributed by atoms with Crippen molar-refractivity contribution in [3.05, 3.63) is 29.8 Å². The SMILES string of the molecule is O=C(Nc1ccc(CN2C(=O)CSC2=O)cc1)C1CCNC1. The molecule has 1 aromatic carbocycles. The topological polar surface area (TPSA) is 78.5 Å². The van der Waals surface area contributed by atoms with Crippen molar-refractivity contribution in [1.82, 2.24) is 10.2 Å². The summed E-state index contributed by atoms with van der Waals surface area (Å²) in [6, 6.07) is 7.25. The Balaban J connectivity index is 1.59. The number of rotatable bonds is 4. The number of imide groups is 1. The molecule has 1 unspecified atom stereocenters. The number of carbonyl (C=O) groups excluding carboxylic acids is 3. The highest BCUT2D eigenvalue weighted by Crippen LogP contribution is 2.22. The van der Waals surface area contributed by atoms with Crippen LogP contribution in [0.3, 0.4) is 0 Å². The average molecular weight is 319 g/mol. The monoisotopic (exact) mass is 319 g/mol. The van der Waals surface area contributed by atoms with Crippen molar-refractivity contribution in [3.63, 3.8) is 0 Å². The molecule has 2 aliphatic rings. The minimum Gasteiger partial charge on any atom is -0.326 e. The lowest BCUT2D eigenvalue weighted by atomic mass is 10.1. The smallest absolute Gasteiger partial charge is 0.289 e. The summed E-state index contributed by atoms with van der Waals surface area (Å²) in [4.78, 5) is 36.4. The van der Waals surface area contributed by atoms with Gasteiger partial charge in [-0.3, -0.25) is 19.3 Å². The lowest BCUT2D eigenvalue weighted by molar-refractivity contribution is -0.125. The molecule has 7 heteroatoms. The van der Waals surface area contributed by atoms with Gasteiger partial charge in [-0.2, -0.15) is 0 Å². The van der Waals surface area contributed by atoms with Gasteiger partial charge in [-0.25, -0.2) is 0 Å². The number of nitrogens with one attached hydrogen (secondary N) is 2. The van der Waals surface area contributed by atoms with Crippen molar-refractivity contribution in [1.29, 1.82) is 0 Å². The third-order valence-corrected chi connectivity index (χ3v) is 4.69. The minimum absolute atomic E-state index is 0.0246. The van der Waals surface area contributed by atoms with E-state index in [0.29, 0.717) is 0 Å². The van der Waals surface area contributed by atoms with E-state index in [-0.39, 0.29) is 35.3 Å². The summed E-state index contributed by atoms with van der Waals surface area (Å²) >= 11 is 1.03. The van der Waals surface area contributed by atoms with Crippen LogP contribution in [0.15, 0.2) is 24.3 Å². The quantitative estimate of drug-likeness (QED) is 0.878. The van der Waals surface area contributed by atoms with Gasteiger partial charge in [0.1, 0.15) is 0 Å². The fourth-order valence-electron chi connectivity index (χ4n) is 2.53. The van der Waals surface area contributed by atoms with Gasteiger partial charge in [0.15, 0.2) is 0 Å². The summed E-state index contributed by atoms with van der Waals surface area (Å²) in [7, 11) is 0.